The van der Waals surface area contributed by atoms with Crippen LogP contribution in [0.1, 0.15) is 26.7 Å². The zero-order chi connectivity index (χ0) is 13.2. The summed E-state index contributed by atoms with van der Waals surface area (Å²) in [6.45, 7) is 4.75. The maximum atomic E-state index is 13.6. The van der Waals surface area contributed by atoms with Crippen molar-refractivity contribution in [3.05, 3.63) is 12.0 Å². The average molecular weight is 254 g/mol. The Bertz CT molecular complexity index is 425. The second-order valence-corrected chi connectivity index (χ2v) is 5.08. The first-order chi connectivity index (χ1) is 8.50. The number of nitrogens with zero attached hydrogens (tertiary/aromatic N) is 2. The smallest absolute Gasteiger partial charge is 0.224 e. The number of halogens is 1. The third kappa shape index (κ3) is 3.07. The van der Waals surface area contributed by atoms with Crippen molar-refractivity contribution in [1.82, 2.24) is 9.97 Å². The van der Waals surface area contributed by atoms with Crippen LogP contribution in [0.4, 0.5) is 16.2 Å². The standard InChI is InChI=1S/C12H19FN4O/c1-12(2)6-8(4-5-18-12)16-10-9(13)7-15-11(14-3)17-10/h7-8H,4-6H2,1-3H3,(H2,14,15,16,17). The van der Waals surface area contributed by atoms with Crippen molar-refractivity contribution in [2.75, 3.05) is 24.3 Å². The van der Waals surface area contributed by atoms with Gasteiger partial charge in [0, 0.05) is 19.7 Å². The summed E-state index contributed by atoms with van der Waals surface area (Å²) in [6, 6.07) is 0.169. The number of ether oxygens (including phenoxy) is 1. The molecule has 1 fully saturated rings. The van der Waals surface area contributed by atoms with E-state index in [2.05, 4.69) is 20.6 Å². The summed E-state index contributed by atoms with van der Waals surface area (Å²) < 4.78 is 19.2. The second-order valence-electron chi connectivity index (χ2n) is 5.08. The van der Waals surface area contributed by atoms with Gasteiger partial charge in [0.2, 0.25) is 5.95 Å². The Balaban J connectivity index is 2.09. The molecule has 5 nitrogen and oxygen atoms in total. The van der Waals surface area contributed by atoms with Crippen molar-refractivity contribution in [2.24, 2.45) is 0 Å². The van der Waals surface area contributed by atoms with Gasteiger partial charge in [-0.05, 0) is 26.7 Å². The van der Waals surface area contributed by atoms with Gasteiger partial charge in [0.15, 0.2) is 11.6 Å². The summed E-state index contributed by atoms with van der Waals surface area (Å²) >= 11 is 0. The molecule has 0 bridgehead atoms. The lowest BCUT2D eigenvalue weighted by Gasteiger charge is -2.36. The van der Waals surface area contributed by atoms with Crippen LogP contribution in [0.25, 0.3) is 0 Å². The Morgan fingerprint density at radius 3 is 2.94 bits per heavy atom. The van der Waals surface area contributed by atoms with Crippen LogP contribution < -0.4 is 10.6 Å². The molecule has 1 saturated heterocycles. The molecular weight excluding hydrogens is 235 g/mol. The number of hydrogen-bond donors (Lipinski definition) is 2. The minimum Gasteiger partial charge on any atom is -0.375 e. The lowest BCUT2D eigenvalue weighted by Crippen LogP contribution is -2.40. The van der Waals surface area contributed by atoms with Crippen molar-refractivity contribution in [3.8, 4) is 0 Å². The van der Waals surface area contributed by atoms with Gasteiger partial charge >= 0.3 is 0 Å². The van der Waals surface area contributed by atoms with Crippen molar-refractivity contribution < 1.29 is 9.13 Å². The Morgan fingerprint density at radius 2 is 2.28 bits per heavy atom. The highest BCUT2D eigenvalue weighted by Crippen LogP contribution is 2.26. The first-order valence-corrected chi connectivity index (χ1v) is 6.11. The van der Waals surface area contributed by atoms with Gasteiger partial charge in [0.25, 0.3) is 0 Å². The van der Waals surface area contributed by atoms with Gasteiger partial charge in [-0.1, -0.05) is 0 Å². The summed E-state index contributed by atoms with van der Waals surface area (Å²) in [7, 11) is 1.70. The second kappa shape index (κ2) is 5.06. The fourth-order valence-electron chi connectivity index (χ4n) is 2.14. The molecule has 1 aliphatic heterocycles. The first kappa shape index (κ1) is 13.0. The summed E-state index contributed by atoms with van der Waals surface area (Å²) in [5, 5.41) is 5.93. The average Bonchev–Trinajstić information content (AvgIpc) is 2.31. The van der Waals surface area contributed by atoms with E-state index in [0.29, 0.717) is 12.6 Å². The first-order valence-electron chi connectivity index (χ1n) is 6.11. The molecule has 2 heterocycles. The molecule has 1 atom stereocenters. The molecule has 1 aliphatic rings. The summed E-state index contributed by atoms with van der Waals surface area (Å²) in [6.07, 6.45) is 2.85. The molecule has 0 aromatic carbocycles. The van der Waals surface area contributed by atoms with E-state index in [-0.39, 0.29) is 17.5 Å². The Labute approximate surface area is 106 Å². The monoisotopic (exact) mass is 254 g/mol. The van der Waals surface area contributed by atoms with E-state index in [1.54, 1.807) is 7.05 Å². The number of rotatable bonds is 3. The van der Waals surface area contributed by atoms with E-state index in [1.165, 1.54) is 6.20 Å². The predicted octanol–water partition coefficient (Wildman–Crippen LogP) is 2.03. The third-order valence-electron chi connectivity index (χ3n) is 3.01. The maximum absolute atomic E-state index is 13.6. The minimum atomic E-state index is -0.432. The molecule has 18 heavy (non-hydrogen) atoms. The molecule has 0 spiro atoms. The molecule has 2 rings (SSSR count). The number of hydrogen-bond acceptors (Lipinski definition) is 5. The fraction of sp³-hybridized carbons (Fsp3) is 0.667. The normalized spacial score (nSPS) is 22.6. The summed E-state index contributed by atoms with van der Waals surface area (Å²) in [4.78, 5) is 7.90. The SMILES string of the molecule is CNc1ncc(F)c(NC2CCOC(C)(C)C2)n1. The Morgan fingerprint density at radius 1 is 1.50 bits per heavy atom. The lowest BCUT2D eigenvalue weighted by atomic mass is 9.94. The molecule has 1 aromatic rings. The molecule has 6 heteroatoms. The van der Waals surface area contributed by atoms with E-state index >= 15 is 0 Å². The minimum absolute atomic E-state index is 0.169. The van der Waals surface area contributed by atoms with Crippen molar-refractivity contribution in [1.29, 1.82) is 0 Å². The van der Waals surface area contributed by atoms with E-state index in [1.807, 2.05) is 13.8 Å². The quantitative estimate of drug-likeness (QED) is 0.864. The van der Waals surface area contributed by atoms with Crippen molar-refractivity contribution in [2.45, 2.75) is 38.3 Å². The van der Waals surface area contributed by atoms with Gasteiger partial charge in [-0.15, -0.1) is 0 Å². The van der Waals surface area contributed by atoms with E-state index in [4.69, 9.17) is 4.74 Å². The van der Waals surface area contributed by atoms with Gasteiger partial charge in [-0.3, -0.25) is 0 Å². The molecule has 0 saturated carbocycles. The Hall–Kier alpha value is -1.43. The fourth-order valence-corrected chi connectivity index (χ4v) is 2.14. The van der Waals surface area contributed by atoms with Crippen molar-refractivity contribution in [3.63, 3.8) is 0 Å². The highest BCUT2D eigenvalue weighted by atomic mass is 19.1. The third-order valence-corrected chi connectivity index (χ3v) is 3.01. The van der Waals surface area contributed by atoms with Crippen LogP contribution in [0.15, 0.2) is 6.20 Å². The molecule has 2 N–H and O–H groups in total. The predicted molar refractivity (Wildman–Crippen MR) is 68.2 cm³/mol. The van der Waals surface area contributed by atoms with Crippen molar-refractivity contribution >= 4 is 11.8 Å². The van der Waals surface area contributed by atoms with Crippen LogP contribution in [-0.4, -0.2) is 35.3 Å². The largest absolute Gasteiger partial charge is 0.375 e. The number of nitrogens with one attached hydrogen (secondary N) is 2. The molecule has 1 aromatic heterocycles. The molecule has 0 aliphatic carbocycles. The van der Waals surface area contributed by atoms with Gasteiger partial charge in [0.05, 0.1) is 11.8 Å². The van der Waals surface area contributed by atoms with E-state index in [0.717, 1.165) is 12.8 Å². The molecule has 100 valence electrons. The van der Waals surface area contributed by atoms with Gasteiger partial charge in [-0.2, -0.15) is 4.98 Å². The van der Waals surface area contributed by atoms with E-state index in [9.17, 15) is 4.39 Å². The topological polar surface area (TPSA) is 59.1 Å². The molecule has 1 unspecified atom stereocenters. The Kier molecular flexibility index (Phi) is 3.65. The zero-order valence-electron chi connectivity index (χ0n) is 11.0. The van der Waals surface area contributed by atoms with E-state index < -0.39 is 5.82 Å². The zero-order valence-corrected chi connectivity index (χ0v) is 11.0. The summed E-state index contributed by atoms with van der Waals surface area (Å²) in [5.41, 5.74) is -0.175. The van der Waals surface area contributed by atoms with Gasteiger partial charge < -0.3 is 15.4 Å². The number of anilines is 2. The van der Waals surface area contributed by atoms with Crippen LogP contribution in [0.5, 0.6) is 0 Å². The summed E-state index contributed by atoms with van der Waals surface area (Å²) in [5.74, 6) is 0.223. The maximum Gasteiger partial charge on any atom is 0.224 e. The van der Waals surface area contributed by atoms with Crippen LogP contribution >= 0.6 is 0 Å². The lowest BCUT2D eigenvalue weighted by molar-refractivity contribution is -0.0553. The molecular formula is C12H19FN4O. The van der Waals surface area contributed by atoms with Crippen LogP contribution in [-0.2, 0) is 4.74 Å². The van der Waals surface area contributed by atoms with Gasteiger partial charge in [0.1, 0.15) is 0 Å². The van der Waals surface area contributed by atoms with Gasteiger partial charge in [-0.25, -0.2) is 9.37 Å². The molecule has 0 radical (unpaired) electrons. The highest BCUT2D eigenvalue weighted by Gasteiger charge is 2.29. The highest BCUT2D eigenvalue weighted by molar-refractivity contribution is 5.41. The van der Waals surface area contributed by atoms with Crippen LogP contribution in [0.3, 0.4) is 0 Å². The van der Waals surface area contributed by atoms with Crippen LogP contribution in [0, 0.1) is 5.82 Å². The van der Waals surface area contributed by atoms with Crippen LogP contribution in [0.2, 0.25) is 0 Å². The number of aromatic nitrogens is 2. The molecule has 0 amide bonds.